The number of aryl methyl sites for hydroxylation is 3. The first-order chi connectivity index (χ1) is 37.5. The molecule has 0 aliphatic carbocycles. The smallest absolute Gasteiger partial charge is 0.336 e. The first-order valence-electron chi connectivity index (χ1n) is 27.6. The number of anilines is 1. The Morgan fingerprint density at radius 1 is 0.766 bits per heavy atom. The average molecular weight is 1040 g/mol. The van der Waals surface area contributed by atoms with Crippen molar-refractivity contribution in [3.63, 3.8) is 0 Å². The number of hydrogen-bond donors (Lipinski definition) is 4. The number of amides is 3. The van der Waals surface area contributed by atoms with E-state index in [1.807, 2.05) is 13.0 Å². The number of carboxylic acids is 1. The molecule has 10 rings (SSSR count). The quantitative estimate of drug-likeness (QED) is 0.0116. The zero-order valence-electron chi connectivity index (χ0n) is 43.9. The molecular weight excluding hydrogens is 973 g/mol. The number of carbonyl (C=O) groups is 5. The van der Waals surface area contributed by atoms with Gasteiger partial charge in [0.05, 0.1) is 11.1 Å². The summed E-state index contributed by atoms with van der Waals surface area (Å²) in [5, 5.41) is 28.6. The van der Waals surface area contributed by atoms with E-state index in [2.05, 4.69) is 37.0 Å². The maximum absolute atomic E-state index is 14.5. The number of hydrogen-bond acceptors (Lipinski definition) is 9. The number of azide groups is 1. The lowest BCUT2D eigenvalue weighted by Crippen LogP contribution is -2.41. The van der Waals surface area contributed by atoms with Crippen molar-refractivity contribution in [2.45, 2.75) is 123 Å². The Kier molecular flexibility index (Phi) is 16.1. The molecule has 77 heavy (non-hydrogen) atoms. The molecule has 3 amide bonds. The monoisotopic (exact) mass is 1040 g/mol. The maximum atomic E-state index is 14.5. The Morgan fingerprint density at radius 3 is 2.30 bits per heavy atom. The summed E-state index contributed by atoms with van der Waals surface area (Å²) in [4.78, 5) is 73.6. The molecule has 16 heteroatoms. The van der Waals surface area contributed by atoms with Gasteiger partial charge in [-0.05, 0) is 147 Å². The molecule has 0 fully saturated rings. The molecule has 5 heterocycles. The normalized spacial score (nSPS) is 15.0. The van der Waals surface area contributed by atoms with Crippen molar-refractivity contribution in [1.29, 1.82) is 0 Å². The molecule has 0 bridgehead atoms. The third-order valence-corrected chi connectivity index (χ3v) is 16.0. The van der Waals surface area contributed by atoms with E-state index >= 15 is 0 Å². The van der Waals surface area contributed by atoms with Gasteiger partial charge in [-0.2, -0.15) is 0 Å². The molecule has 0 aromatic heterocycles. The van der Waals surface area contributed by atoms with Gasteiger partial charge in [0.1, 0.15) is 30.4 Å². The molecule has 0 unspecified atom stereocenters. The summed E-state index contributed by atoms with van der Waals surface area (Å²) in [5.74, 6) is -0.541. The number of Topliss-reactive ketones (excluding diaryl/α,β-unsaturated/α-hetero) is 1. The Morgan fingerprint density at radius 2 is 1.51 bits per heavy atom. The number of nitrogens with zero attached hydrogens (tertiary/aromatic N) is 6. The Hall–Kier alpha value is -7.81. The number of unbranched alkanes of at least 4 members (excludes halogenated alkanes) is 3. The third-order valence-electron chi connectivity index (χ3n) is 16.0. The van der Waals surface area contributed by atoms with Crippen LogP contribution in [0, 0.1) is 6.92 Å². The topological polar surface area (TPSA) is 217 Å². The van der Waals surface area contributed by atoms with E-state index in [4.69, 9.17) is 15.5 Å². The number of carbonyl (C=O) groups excluding carboxylic acids is 4. The van der Waals surface area contributed by atoms with Gasteiger partial charge in [0.2, 0.25) is 11.3 Å². The van der Waals surface area contributed by atoms with Gasteiger partial charge in [0.15, 0.2) is 0 Å². The maximum Gasteiger partial charge on any atom is 0.336 e. The summed E-state index contributed by atoms with van der Waals surface area (Å²) in [6, 6.07) is 21.7. The van der Waals surface area contributed by atoms with Crippen molar-refractivity contribution in [1.82, 2.24) is 20.3 Å². The van der Waals surface area contributed by atoms with E-state index in [0.29, 0.717) is 36.1 Å². The van der Waals surface area contributed by atoms with Crippen LogP contribution >= 0.6 is 0 Å². The van der Waals surface area contributed by atoms with Crippen molar-refractivity contribution in [2.75, 3.05) is 44.2 Å². The van der Waals surface area contributed by atoms with Gasteiger partial charge < -0.3 is 25.0 Å². The number of hydroxylamine groups is 1. The number of rotatable bonds is 19. The zero-order valence-corrected chi connectivity index (χ0v) is 43.9. The number of ether oxygens (including phenoxy) is 1. The van der Waals surface area contributed by atoms with Gasteiger partial charge in [0, 0.05) is 120 Å². The van der Waals surface area contributed by atoms with Crippen LogP contribution < -0.4 is 35.6 Å². The number of ketones is 1. The fourth-order valence-corrected chi connectivity index (χ4v) is 12.3. The molecule has 0 spiro atoms. The van der Waals surface area contributed by atoms with Crippen LogP contribution in [-0.4, -0.2) is 84.0 Å². The van der Waals surface area contributed by atoms with Crippen molar-refractivity contribution in [3.05, 3.63) is 161 Å². The van der Waals surface area contributed by atoms with E-state index in [1.54, 1.807) is 65.0 Å². The first-order valence-corrected chi connectivity index (χ1v) is 27.6. The molecule has 5 aliphatic heterocycles. The highest BCUT2D eigenvalue weighted by Crippen LogP contribution is 2.48. The second kappa shape index (κ2) is 23.6. The van der Waals surface area contributed by atoms with E-state index in [0.717, 1.165) is 148 Å². The van der Waals surface area contributed by atoms with E-state index in [9.17, 15) is 29.1 Å². The lowest BCUT2D eigenvalue weighted by molar-refractivity contribution is -0.129. The van der Waals surface area contributed by atoms with Crippen LogP contribution in [0.5, 0.6) is 11.5 Å². The summed E-state index contributed by atoms with van der Waals surface area (Å²) in [6.45, 7) is 6.19. The molecule has 5 aromatic rings. The van der Waals surface area contributed by atoms with Crippen LogP contribution in [0.2, 0.25) is 0 Å². The fraction of sp³-hybridized carbons (Fsp3) is 0.410. The van der Waals surface area contributed by atoms with Crippen molar-refractivity contribution in [2.24, 2.45) is 5.11 Å². The molecule has 5 aromatic carbocycles. The summed E-state index contributed by atoms with van der Waals surface area (Å²) >= 11 is 0. The van der Waals surface area contributed by atoms with Crippen molar-refractivity contribution < 1.29 is 39.0 Å². The average Bonchev–Trinajstić information content (AvgIpc) is 3.91. The Balaban J connectivity index is 0.943. The van der Waals surface area contributed by atoms with E-state index in [-0.39, 0.29) is 55.3 Å². The lowest BCUT2D eigenvalue weighted by Gasteiger charge is -2.35. The molecule has 0 saturated heterocycles. The SMILES string of the molecule is Cc1cc(CN(CCNC(=O)c2ccc(C(=O)O)c(C3=c4cc5c6c(c4Oc4c3cc3c7c4CCCN7CCCC3)CCC[N+]=6CCCC5)c2)C(=O)c2ccc(CC(=O)CCCCCCC(=O)NO)cc2)ccc1N=[N+]=[N-]. The van der Waals surface area contributed by atoms with Gasteiger partial charge in [-0.3, -0.25) is 24.4 Å². The van der Waals surface area contributed by atoms with Gasteiger partial charge in [-0.25, -0.2) is 14.9 Å². The van der Waals surface area contributed by atoms with Gasteiger partial charge in [-0.1, -0.05) is 48.3 Å². The fourth-order valence-electron chi connectivity index (χ4n) is 12.3. The Labute approximate surface area is 448 Å². The highest BCUT2D eigenvalue weighted by atomic mass is 16.5. The van der Waals surface area contributed by atoms with Crippen LogP contribution in [0.15, 0.2) is 77.9 Å². The largest absolute Gasteiger partial charge is 0.478 e. The minimum atomic E-state index is -1.09. The zero-order chi connectivity index (χ0) is 53.6. The number of aromatic carboxylic acids is 1. The molecule has 0 atom stereocenters. The number of nitrogens with one attached hydrogen (secondary N) is 2. The van der Waals surface area contributed by atoms with Gasteiger partial charge >= 0.3 is 5.97 Å². The van der Waals surface area contributed by atoms with Gasteiger partial charge in [-0.15, -0.1) is 0 Å². The summed E-state index contributed by atoms with van der Waals surface area (Å²) in [6.07, 6.45) is 13.6. The van der Waals surface area contributed by atoms with Crippen molar-refractivity contribution in [3.8, 4) is 11.5 Å². The van der Waals surface area contributed by atoms with E-state index < -0.39 is 17.8 Å². The molecule has 4 N–H and O–H groups in total. The van der Waals surface area contributed by atoms with Gasteiger partial charge in [0.25, 0.3) is 11.8 Å². The van der Waals surface area contributed by atoms with Crippen LogP contribution in [0.25, 0.3) is 16.0 Å². The highest BCUT2D eigenvalue weighted by Gasteiger charge is 2.36. The second-order valence-corrected chi connectivity index (χ2v) is 21.3. The highest BCUT2D eigenvalue weighted by molar-refractivity contribution is 6.03. The third kappa shape index (κ3) is 11.4. The van der Waals surface area contributed by atoms with E-state index in [1.165, 1.54) is 33.3 Å². The van der Waals surface area contributed by atoms with Crippen LogP contribution in [0.3, 0.4) is 0 Å². The summed E-state index contributed by atoms with van der Waals surface area (Å²) < 4.78 is 9.82. The number of benzene rings is 5. The van der Waals surface area contributed by atoms with Crippen LogP contribution in [0.1, 0.15) is 158 Å². The van der Waals surface area contributed by atoms with Crippen molar-refractivity contribution >= 4 is 46.4 Å². The predicted octanol–water partition coefficient (Wildman–Crippen LogP) is 8.88. The lowest BCUT2D eigenvalue weighted by atomic mass is 9.82. The Bertz CT molecular complexity index is 3360. The molecule has 398 valence electrons. The minimum absolute atomic E-state index is 0.0737. The molecule has 0 radical (unpaired) electrons. The summed E-state index contributed by atoms with van der Waals surface area (Å²) in [7, 11) is 0. The summed E-state index contributed by atoms with van der Waals surface area (Å²) in [5.41, 5.74) is 22.6. The molecule has 16 nitrogen and oxygen atoms in total. The number of fused-ring (bicyclic) bond motifs is 4. The minimum Gasteiger partial charge on any atom is -0.478 e. The molecular formula is C61H67N8O8+. The van der Waals surface area contributed by atoms with Crippen LogP contribution in [0.4, 0.5) is 11.4 Å². The molecule has 0 saturated carbocycles. The number of carboxylic acid groups (broad SMARTS) is 1. The second-order valence-electron chi connectivity index (χ2n) is 21.3. The standard InChI is InChI=1S/C61H66N8O8/c1-38-32-40(20-25-52(38)64-66-62)37-69(60(73)41-21-18-39(19-22-41)33-45(70)14-4-2-3-5-17-53(71)65-76)31-26-63-59(72)44-23-24-46(61(74)75)49(36-44)54-50-34-42-12-6-8-27-67-29-10-15-47(55(42)67)57(50)77-58-48-16-11-30-68-28-9-7-13-43(56(48)68)35-51(54)58/h18-25,32,34-36H,2-17,26-31,33,37H2,1H3,(H3-,63,65,71,72,74,75,76)/p+1. The predicted molar refractivity (Wildman–Crippen MR) is 293 cm³/mol. The first kappa shape index (κ1) is 52.6. The van der Waals surface area contributed by atoms with Crippen LogP contribution in [-0.2, 0) is 48.2 Å². The molecule has 5 aliphatic rings.